The lowest BCUT2D eigenvalue weighted by molar-refractivity contribution is -0.334. The van der Waals surface area contributed by atoms with Crippen molar-refractivity contribution in [3.63, 3.8) is 0 Å². The molecule has 3 rings (SSSR count). The van der Waals surface area contributed by atoms with Gasteiger partial charge in [0.2, 0.25) is 5.92 Å². The number of nitrogens with zero attached hydrogens (tertiary/aromatic N) is 1. The van der Waals surface area contributed by atoms with Gasteiger partial charge in [-0.1, -0.05) is 91.0 Å². The highest BCUT2D eigenvalue weighted by Gasteiger charge is 2.35. The normalized spacial score (nSPS) is 10.9. The van der Waals surface area contributed by atoms with Crippen molar-refractivity contribution in [3.05, 3.63) is 107 Å². The molecule has 0 bridgehead atoms. The first-order chi connectivity index (χ1) is 12.1. The van der Waals surface area contributed by atoms with Crippen LogP contribution in [0, 0.1) is 10.1 Å². The van der Waals surface area contributed by atoms with E-state index in [-0.39, 0.29) is 5.52 Å². The first kappa shape index (κ1) is 16.9. The minimum absolute atomic E-state index is 0.220. The van der Waals surface area contributed by atoms with Crippen LogP contribution in [0.1, 0.15) is 10.4 Å². The standard InChI is InChI=1S/C20H16NO3P/c22-20(17-10-4-1-5-11-17)25(16-21(23)24,18-12-6-2-7-13-18)19-14-8-3-9-15-19/h1-16H. The SMILES string of the molecule is O=C(c1ccccc1)P(=C[N+](=O)[O-])(c1ccccc1)c1ccccc1. The van der Waals surface area contributed by atoms with Gasteiger partial charge in [0.25, 0.3) is 0 Å². The zero-order valence-electron chi connectivity index (χ0n) is 13.4. The van der Waals surface area contributed by atoms with E-state index in [9.17, 15) is 14.9 Å². The van der Waals surface area contributed by atoms with Gasteiger partial charge in [-0.2, -0.15) is 0 Å². The fourth-order valence-corrected chi connectivity index (χ4v) is 6.08. The molecule has 0 N–H and O–H groups in total. The molecule has 0 saturated carbocycles. The molecule has 0 aliphatic rings. The maximum absolute atomic E-state index is 13.5. The number of benzene rings is 3. The maximum Gasteiger partial charge on any atom is 0.242 e. The van der Waals surface area contributed by atoms with Gasteiger partial charge < -0.3 is 0 Å². The molecule has 0 saturated heterocycles. The smallest absolute Gasteiger partial charge is 0.242 e. The predicted molar refractivity (Wildman–Crippen MR) is 103 cm³/mol. The van der Waals surface area contributed by atoms with E-state index in [0.29, 0.717) is 16.2 Å². The van der Waals surface area contributed by atoms with Crippen molar-refractivity contribution in [1.29, 1.82) is 0 Å². The van der Waals surface area contributed by atoms with Gasteiger partial charge in [0.15, 0.2) is 5.52 Å². The summed E-state index contributed by atoms with van der Waals surface area (Å²) in [5.74, 6) is 1.01. The second kappa shape index (κ2) is 7.29. The Morgan fingerprint density at radius 3 is 1.56 bits per heavy atom. The molecule has 25 heavy (non-hydrogen) atoms. The highest BCUT2D eigenvalue weighted by atomic mass is 31.2. The number of carbonyl (C=O) groups is 1. The Labute approximate surface area is 145 Å². The summed E-state index contributed by atoms with van der Waals surface area (Å²) in [5.41, 5.74) is 0.254. The third-order valence-electron chi connectivity index (χ3n) is 3.94. The highest BCUT2D eigenvalue weighted by molar-refractivity contribution is 8.01. The summed E-state index contributed by atoms with van der Waals surface area (Å²) in [4.78, 5) is 24.5. The van der Waals surface area contributed by atoms with Crippen LogP contribution >= 0.6 is 6.89 Å². The molecule has 0 aliphatic carbocycles. The molecule has 0 spiro atoms. The predicted octanol–water partition coefficient (Wildman–Crippen LogP) is 3.53. The van der Waals surface area contributed by atoms with Gasteiger partial charge in [-0.15, -0.1) is 0 Å². The van der Waals surface area contributed by atoms with Crippen LogP contribution in [0.3, 0.4) is 0 Å². The molecule has 0 heterocycles. The van der Waals surface area contributed by atoms with Crippen molar-refractivity contribution in [2.24, 2.45) is 0 Å². The fraction of sp³-hybridized carbons (Fsp3) is 0. The van der Waals surface area contributed by atoms with E-state index in [1.807, 2.05) is 18.2 Å². The van der Waals surface area contributed by atoms with Crippen molar-refractivity contribution >= 4 is 28.9 Å². The third kappa shape index (κ3) is 3.30. The van der Waals surface area contributed by atoms with Crippen molar-refractivity contribution < 1.29 is 9.72 Å². The Hall–Kier alpha value is -2.97. The van der Waals surface area contributed by atoms with Gasteiger partial charge in [0, 0.05) is 5.56 Å². The molecule has 124 valence electrons. The van der Waals surface area contributed by atoms with E-state index < -0.39 is 11.8 Å². The Balaban J connectivity index is 2.38. The van der Waals surface area contributed by atoms with Gasteiger partial charge in [0.1, 0.15) is 0 Å². The first-order valence-electron chi connectivity index (χ1n) is 7.74. The molecule has 0 radical (unpaired) electrons. The Bertz CT molecular complexity index is 895. The van der Waals surface area contributed by atoms with Gasteiger partial charge in [0.05, 0.1) is 11.8 Å². The number of rotatable bonds is 5. The van der Waals surface area contributed by atoms with Crippen LogP contribution in [-0.4, -0.2) is 16.4 Å². The number of hydrogen-bond donors (Lipinski definition) is 0. The zero-order valence-corrected chi connectivity index (χ0v) is 14.3. The summed E-state index contributed by atoms with van der Waals surface area (Å²) >= 11 is 0. The summed E-state index contributed by atoms with van der Waals surface area (Å²) in [6.45, 7) is -3.03. The summed E-state index contributed by atoms with van der Waals surface area (Å²) in [5, 5.41) is 12.9. The van der Waals surface area contributed by atoms with Crippen molar-refractivity contribution in [1.82, 2.24) is 0 Å². The number of nitro groups is 1. The molecular weight excluding hydrogens is 333 g/mol. The Morgan fingerprint density at radius 1 is 0.760 bits per heavy atom. The lowest BCUT2D eigenvalue weighted by Gasteiger charge is -2.23. The molecule has 0 aliphatic heterocycles. The Kier molecular flexibility index (Phi) is 4.92. The third-order valence-corrected chi connectivity index (χ3v) is 7.59. The van der Waals surface area contributed by atoms with Crippen LogP contribution < -0.4 is 10.6 Å². The van der Waals surface area contributed by atoms with Crippen LogP contribution in [0.15, 0.2) is 91.0 Å². The second-order valence-corrected chi connectivity index (χ2v) is 8.58. The molecular formula is C20H16NO3P. The van der Waals surface area contributed by atoms with Gasteiger partial charge >= 0.3 is 0 Å². The largest absolute Gasteiger partial charge is 0.288 e. The minimum atomic E-state index is -3.03. The van der Waals surface area contributed by atoms with E-state index in [4.69, 9.17) is 0 Å². The van der Waals surface area contributed by atoms with Gasteiger partial charge in [-0.25, -0.2) is 0 Å². The van der Waals surface area contributed by atoms with E-state index in [2.05, 4.69) is 0 Å². The van der Waals surface area contributed by atoms with Crippen molar-refractivity contribution in [2.45, 2.75) is 0 Å². The average Bonchev–Trinajstić information content (AvgIpc) is 2.67. The van der Waals surface area contributed by atoms with Crippen molar-refractivity contribution in [2.75, 3.05) is 0 Å². The van der Waals surface area contributed by atoms with Gasteiger partial charge in [-0.3, -0.25) is 14.9 Å². The van der Waals surface area contributed by atoms with Crippen LogP contribution in [-0.2, 0) is 0 Å². The van der Waals surface area contributed by atoms with E-state index in [1.165, 1.54) is 0 Å². The molecule has 0 atom stereocenters. The lowest BCUT2D eigenvalue weighted by atomic mass is 10.2. The summed E-state index contributed by atoms with van der Waals surface area (Å²) in [6, 6.07) is 26.8. The van der Waals surface area contributed by atoms with E-state index >= 15 is 0 Å². The molecule has 3 aromatic carbocycles. The molecule has 0 unspecified atom stereocenters. The van der Waals surface area contributed by atoms with E-state index in [0.717, 1.165) is 5.92 Å². The average molecular weight is 349 g/mol. The molecule has 0 fully saturated rings. The molecule has 4 nitrogen and oxygen atoms in total. The second-order valence-electron chi connectivity index (χ2n) is 5.47. The monoisotopic (exact) mass is 349 g/mol. The van der Waals surface area contributed by atoms with Gasteiger partial charge in [-0.05, 0) is 10.6 Å². The zero-order chi connectivity index (χ0) is 17.7. The quantitative estimate of drug-likeness (QED) is 0.402. The first-order valence-corrected chi connectivity index (χ1v) is 9.60. The lowest BCUT2D eigenvalue weighted by Crippen LogP contribution is -2.26. The highest BCUT2D eigenvalue weighted by Crippen LogP contribution is 2.47. The van der Waals surface area contributed by atoms with Crippen molar-refractivity contribution in [3.8, 4) is 0 Å². The van der Waals surface area contributed by atoms with Crippen LogP contribution in [0.4, 0.5) is 0 Å². The molecule has 0 amide bonds. The molecule has 3 aromatic rings. The summed E-state index contributed by atoms with van der Waals surface area (Å²) in [7, 11) is 0. The number of hydrogen-bond acceptors (Lipinski definition) is 3. The topological polar surface area (TPSA) is 60.2 Å². The maximum atomic E-state index is 13.5. The van der Waals surface area contributed by atoms with Crippen LogP contribution in [0.25, 0.3) is 0 Å². The van der Waals surface area contributed by atoms with Crippen LogP contribution in [0.5, 0.6) is 0 Å². The fourth-order valence-electron chi connectivity index (χ4n) is 2.82. The Morgan fingerprint density at radius 2 is 1.16 bits per heavy atom. The van der Waals surface area contributed by atoms with E-state index in [1.54, 1.807) is 72.8 Å². The van der Waals surface area contributed by atoms with Crippen LogP contribution in [0.2, 0.25) is 0 Å². The number of carbonyl (C=O) groups excluding carboxylic acids is 1. The summed E-state index contributed by atoms with van der Waals surface area (Å²) < 4.78 is 0. The summed E-state index contributed by atoms with van der Waals surface area (Å²) in [6.07, 6.45) is 0. The molecule has 5 heteroatoms. The minimum Gasteiger partial charge on any atom is -0.288 e. The molecule has 0 aromatic heterocycles.